The lowest BCUT2D eigenvalue weighted by Gasteiger charge is -2.29. The summed E-state index contributed by atoms with van der Waals surface area (Å²) in [6.45, 7) is 6.01. The van der Waals surface area contributed by atoms with Crippen molar-refractivity contribution in [3.8, 4) is 11.1 Å². The molecular formula is C22H25NO3S. The van der Waals surface area contributed by atoms with Crippen molar-refractivity contribution in [3.05, 3.63) is 54.1 Å². The predicted octanol–water partition coefficient (Wildman–Crippen LogP) is 5.27. The van der Waals surface area contributed by atoms with Gasteiger partial charge < -0.3 is 9.64 Å². The molecule has 0 saturated carbocycles. The maximum atomic E-state index is 12.6. The van der Waals surface area contributed by atoms with E-state index in [4.69, 9.17) is 4.74 Å². The molecule has 0 aliphatic carbocycles. The van der Waals surface area contributed by atoms with E-state index in [0.717, 1.165) is 21.6 Å². The summed E-state index contributed by atoms with van der Waals surface area (Å²) in [6, 6.07) is 16.1. The lowest BCUT2D eigenvalue weighted by molar-refractivity contribution is 0.0297. The summed E-state index contributed by atoms with van der Waals surface area (Å²) in [5, 5.41) is 0.0218. The number of hydrogen-bond acceptors (Lipinski definition) is 4. The maximum Gasteiger partial charge on any atom is 0.410 e. The normalized spacial score (nSPS) is 16.6. The molecule has 2 aromatic rings. The topological polar surface area (TPSA) is 46.6 Å². The molecule has 0 N–H and O–H groups in total. The predicted molar refractivity (Wildman–Crippen MR) is 109 cm³/mol. The second kappa shape index (κ2) is 7.77. The molecule has 0 saturated heterocycles. The number of thioether (sulfide) groups is 1. The molecule has 0 fully saturated rings. The summed E-state index contributed by atoms with van der Waals surface area (Å²) >= 11 is 1.66. The molecule has 0 bridgehead atoms. The number of carbonyl (C=O) groups excluding carboxylic acids is 2. The fourth-order valence-corrected chi connectivity index (χ4v) is 4.42. The van der Waals surface area contributed by atoms with Crippen molar-refractivity contribution in [1.82, 2.24) is 4.90 Å². The molecule has 1 heterocycles. The minimum atomic E-state index is -0.530. The van der Waals surface area contributed by atoms with Gasteiger partial charge in [-0.3, -0.25) is 4.79 Å². The largest absolute Gasteiger partial charge is 0.444 e. The first-order valence-electron chi connectivity index (χ1n) is 9.06. The Morgan fingerprint density at radius 1 is 1.15 bits per heavy atom. The van der Waals surface area contributed by atoms with E-state index in [2.05, 4.69) is 18.2 Å². The molecule has 142 valence electrons. The van der Waals surface area contributed by atoms with Crippen LogP contribution in [-0.4, -0.2) is 41.2 Å². The third-order valence-electron chi connectivity index (χ3n) is 4.28. The highest BCUT2D eigenvalue weighted by atomic mass is 32.2. The number of benzene rings is 2. The molecule has 4 nitrogen and oxygen atoms in total. The van der Waals surface area contributed by atoms with E-state index in [9.17, 15) is 9.59 Å². The van der Waals surface area contributed by atoms with Gasteiger partial charge in [0.15, 0.2) is 5.78 Å². The van der Waals surface area contributed by atoms with Gasteiger partial charge in [-0.15, -0.1) is 11.8 Å². The molecule has 2 aromatic carbocycles. The van der Waals surface area contributed by atoms with Gasteiger partial charge >= 0.3 is 6.09 Å². The molecule has 0 spiro atoms. The highest BCUT2D eigenvalue weighted by Crippen LogP contribution is 2.38. The van der Waals surface area contributed by atoms with Gasteiger partial charge in [0.1, 0.15) is 5.60 Å². The van der Waals surface area contributed by atoms with E-state index in [-0.39, 0.29) is 17.1 Å². The smallest absolute Gasteiger partial charge is 0.410 e. The number of Topliss-reactive ketones (excluding diaryl/α,β-unsaturated/α-hetero) is 1. The van der Waals surface area contributed by atoms with Crippen molar-refractivity contribution in [3.63, 3.8) is 0 Å². The van der Waals surface area contributed by atoms with Crippen LogP contribution < -0.4 is 0 Å². The number of rotatable bonds is 3. The second-order valence-corrected chi connectivity index (χ2v) is 9.15. The van der Waals surface area contributed by atoms with E-state index in [1.165, 1.54) is 0 Å². The van der Waals surface area contributed by atoms with Crippen LogP contribution in [0.5, 0.6) is 0 Å². The fourth-order valence-electron chi connectivity index (χ4n) is 3.02. The fraction of sp³-hybridized carbons (Fsp3) is 0.364. The zero-order chi connectivity index (χ0) is 19.6. The van der Waals surface area contributed by atoms with Crippen LogP contribution in [0.4, 0.5) is 4.79 Å². The number of fused-ring (bicyclic) bond motifs is 1. The van der Waals surface area contributed by atoms with Crippen LogP contribution in [0.1, 0.15) is 37.6 Å². The van der Waals surface area contributed by atoms with Gasteiger partial charge in [0, 0.05) is 35.7 Å². The average Bonchev–Trinajstić information content (AvgIpc) is 2.60. The van der Waals surface area contributed by atoms with E-state index in [1.807, 2.05) is 51.1 Å². The Bertz CT molecular complexity index is 842. The Kier molecular flexibility index (Phi) is 5.61. The summed E-state index contributed by atoms with van der Waals surface area (Å²) in [5.41, 5.74) is 2.46. The summed E-state index contributed by atoms with van der Waals surface area (Å²) in [6.07, 6.45) is 0.0644. The minimum Gasteiger partial charge on any atom is -0.444 e. The van der Waals surface area contributed by atoms with Crippen LogP contribution in [0.3, 0.4) is 0 Å². The minimum absolute atomic E-state index is 0.0218. The van der Waals surface area contributed by atoms with Gasteiger partial charge in [0.05, 0.1) is 0 Å². The first-order chi connectivity index (χ1) is 12.7. The van der Waals surface area contributed by atoms with Crippen LogP contribution in [-0.2, 0) is 4.74 Å². The monoisotopic (exact) mass is 383 g/mol. The van der Waals surface area contributed by atoms with Crippen molar-refractivity contribution in [2.24, 2.45) is 0 Å². The number of carbonyl (C=O) groups is 2. The third kappa shape index (κ3) is 4.92. The molecule has 3 rings (SSSR count). The van der Waals surface area contributed by atoms with Crippen LogP contribution in [0.15, 0.2) is 53.4 Å². The molecule has 27 heavy (non-hydrogen) atoms. The van der Waals surface area contributed by atoms with Gasteiger partial charge in [0.2, 0.25) is 0 Å². The summed E-state index contributed by atoms with van der Waals surface area (Å²) in [7, 11) is 1.72. The van der Waals surface area contributed by atoms with Crippen molar-refractivity contribution < 1.29 is 14.3 Å². The number of ether oxygens (including phenoxy) is 1. The van der Waals surface area contributed by atoms with Gasteiger partial charge in [-0.1, -0.05) is 36.4 Å². The average molecular weight is 384 g/mol. The van der Waals surface area contributed by atoms with E-state index < -0.39 is 5.60 Å². The number of hydrogen-bond donors (Lipinski definition) is 0. The number of nitrogens with zero attached hydrogens (tertiary/aromatic N) is 1. The zero-order valence-corrected chi connectivity index (χ0v) is 17.0. The van der Waals surface area contributed by atoms with Crippen LogP contribution in [0.2, 0.25) is 0 Å². The summed E-state index contributed by atoms with van der Waals surface area (Å²) in [5.74, 6) is 0.131. The van der Waals surface area contributed by atoms with E-state index in [0.29, 0.717) is 13.0 Å². The highest BCUT2D eigenvalue weighted by molar-refractivity contribution is 8.00. The molecule has 1 atom stereocenters. The molecule has 1 aliphatic heterocycles. The first kappa shape index (κ1) is 19.5. The lowest BCUT2D eigenvalue weighted by Crippen LogP contribution is -2.38. The van der Waals surface area contributed by atoms with Crippen molar-refractivity contribution in [1.29, 1.82) is 0 Å². The van der Waals surface area contributed by atoms with Crippen molar-refractivity contribution in [2.75, 3.05) is 13.6 Å². The van der Waals surface area contributed by atoms with Crippen molar-refractivity contribution >= 4 is 23.6 Å². The molecule has 1 amide bonds. The quantitative estimate of drug-likeness (QED) is 0.725. The molecular weight excluding hydrogens is 358 g/mol. The van der Waals surface area contributed by atoms with Gasteiger partial charge in [-0.05, 0) is 44.0 Å². The Balaban J connectivity index is 1.75. The SMILES string of the molecule is CN(CC1CC(=O)c2ccc(-c3ccccc3)cc2S1)C(=O)OC(C)(C)C. The summed E-state index contributed by atoms with van der Waals surface area (Å²) in [4.78, 5) is 27.3. The first-order valence-corrected chi connectivity index (χ1v) is 9.94. The Morgan fingerprint density at radius 3 is 2.52 bits per heavy atom. The van der Waals surface area contributed by atoms with Crippen molar-refractivity contribution in [2.45, 2.75) is 42.9 Å². The third-order valence-corrected chi connectivity index (χ3v) is 5.52. The van der Waals surface area contributed by atoms with Crippen LogP contribution in [0, 0.1) is 0 Å². The molecule has 5 heteroatoms. The molecule has 0 aromatic heterocycles. The molecule has 1 unspecified atom stereocenters. The van der Waals surface area contributed by atoms with E-state index in [1.54, 1.807) is 23.7 Å². The highest BCUT2D eigenvalue weighted by Gasteiger charge is 2.29. The molecule has 0 radical (unpaired) electrons. The zero-order valence-electron chi connectivity index (χ0n) is 16.2. The number of ketones is 1. The Labute approximate surface area is 164 Å². The van der Waals surface area contributed by atoms with E-state index >= 15 is 0 Å². The lowest BCUT2D eigenvalue weighted by atomic mass is 10.00. The standard InChI is InChI=1S/C22H25NO3S/c1-22(2,3)26-21(25)23(4)14-17-13-19(24)18-11-10-16(12-20(18)27-17)15-8-6-5-7-9-15/h5-12,17H,13-14H2,1-4H3. The van der Waals surface area contributed by atoms with Gasteiger partial charge in [-0.2, -0.15) is 0 Å². The number of amides is 1. The van der Waals surface area contributed by atoms with Crippen LogP contribution >= 0.6 is 11.8 Å². The summed E-state index contributed by atoms with van der Waals surface area (Å²) < 4.78 is 5.41. The van der Waals surface area contributed by atoms with Crippen LogP contribution in [0.25, 0.3) is 11.1 Å². The van der Waals surface area contributed by atoms with Gasteiger partial charge in [-0.25, -0.2) is 4.79 Å². The Hall–Kier alpha value is -2.27. The second-order valence-electron chi connectivity index (χ2n) is 7.80. The Morgan fingerprint density at radius 2 is 1.85 bits per heavy atom. The molecule has 1 aliphatic rings. The maximum absolute atomic E-state index is 12.6. The van der Waals surface area contributed by atoms with Gasteiger partial charge in [0.25, 0.3) is 0 Å².